The van der Waals surface area contributed by atoms with Crippen LogP contribution < -0.4 is 0 Å². The van der Waals surface area contributed by atoms with E-state index in [1.165, 1.54) is 4.31 Å². The zero-order chi connectivity index (χ0) is 19.6. The SMILES string of the molecule is CN(Cc1cccs1)C(=O)C1CCN(S(=O)(=O)c2ccc(F)c(F)c2)CC1. The first kappa shape index (κ1) is 19.9. The zero-order valence-electron chi connectivity index (χ0n) is 14.8. The molecule has 1 fully saturated rings. The van der Waals surface area contributed by atoms with Gasteiger partial charge in [-0.1, -0.05) is 6.07 Å². The molecule has 27 heavy (non-hydrogen) atoms. The summed E-state index contributed by atoms with van der Waals surface area (Å²) in [5, 5.41) is 1.95. The van der Waals surface area contributed by atoms with E-state index in [4.69, 9.17) is 0 Å². The minimum atomic E-state index is -3.91. The van der Waals surface area contributed by atoms with Crippen LogP contribution in [0.15, 0.2) is 40.6 Å². The molecule has 0 atom stereocenters. The molecule has 2 aromatic rings. The maximum atomic E-state index is 13.4. The molecule has 9 heteroatoms. The molecule has 1 aliphatic heterocycles. The number of sulfonamides is 1. The third kappa shape index (κ3) is 4.36. The van der Waals surface area contributed by atoms with Gasteiger partial charge < -0.3 is 4.90 Å². The van der Waals surface area contributed by atoms with Crippen LogP contribution in [-0.4, -0.2) is 43.7 Å². The predicted octanol–water partition coefficient (Wildman–Crippen LogP) is 3.09. The second-order valence-electron chi connectivity index (χ2n) is 6.53. The van der Waals surface area contributed by atoms with Gasteiger partial charge in [-0.25, -0.2) is 17.2 Å². The molecular weight excluding hydrogens is 394 g/mol. The topological polar surface area (TPSA) is 57.7 Å². The van der Waals surface area contributed by atoms with Crippen LogP contribution in [0, 0.1) is 17.6 Å². The molecule has 1 amide bonds. The van der Waals surface area contributed by atoms with Crippen molar-refractivity contribution in [2.24, 2.45) is 5.92 Å². The molecule has 0 saturated carbocycles. The Morgan fingerprint density at radius 2 is 1.93 bits per heavy atom. The fraction of sp³-hybridized carbons (Fsp3) is 0.389. The van der Waals surface area contributed by atoms with Gasteiger partial charge in [0.05, 0.1) is 11.4 Å². The molecule has 1 aliphatic rings. The van der Waals surface area contributed by atoms with Crippen LogP contribution in [0.3, 0.4) is 0 Å². The number of halogens is 2. The second kappa shape index (κ2) is 8.04. The van der Waals surface area contributed by atoms with Crippen LogP contribution in [-0.2, 0) is 21.4 Å². The summed E-state index contributed by atoms with van der Waals surface area (Å²) in [4.78, 5) is 15.1. The molecule has 0 radical (unpaired) electrons. The summed E-state index contributed by atoms with van der Waals surface area (Å²) in [5.74, 6) is -2.54. The molecule has 1 aromatic heterocycles. The predicted molar refractivity (Wildman–Crippen MR) is 98.6 cm³/mol. The van der Waals surface area contributed by atoms with Gasteiger partial charge >= 0.3 is 0 Å². The lowest BCUT2D eigenvalue weighted by Crippen LogP contribution is -2.43. The zero-order valence-corrected chi connectivity index (χ0v) is 16.4. The number of hydrogen-bond donors (Lipinski definition) is 0. The van der Waals surface area contributed by atoms with Gasteiger partial charge in [0, 0.05) is 30.9 Å². The van der Waals surface area contributed by atoms with Gasteiger partial charge in [0.1, 0.15) is 0 Å². The Kier molecular flexibility index (Phi) is 5.92. The lowest BCUT2D eigenvalue weighted by Gasteiger charge is -2.32. The summed E-state index contributed by atoms with van der Waals surface area (Å²) in [6, 6.07) is 6.44. The summed E-state index contributed by atoms with van der Waals surface area (Å²) in [7, 11) is -2.17. The second-order valence-corrected chi connectivity index (χ2v) is 9.50. The molecule has 1 saturated heterocycles. The molecule has 5 nitrogen and oxygen atoms in total. The smallest absolute Gasteiger partial charge is 0.243 e. The van der Waals surface area contributed by atoms with Crippen molar-refractivity contribution >= 4 is 27.3 Å². The summed E-state index contributed by atoms with van der Waals surface area (Å²) in [6.45, 7) is 0.874. The largest absolute Gasteiger partial charge is 0.340 e. The standard InChI is InChI=1S/C18H20F2N2O3S2/c1-21(12-14-3-2-10-26-14)18(23)13-6-8-22(9-7-13)27(24,25)15-4-5-16(19)17(20)11-15/h2-5,10-11,13H,6-9,12H2,1H3. The summed E-state index contributed by atoms with van der Waals surface area (Å²) in [6.07, 6.45) is 0.799. The minimum absolute atomic E-state index is 0.00623. The van der Waals surface area contributed by atoms with Crippen LogP contribution >= 0.6 is 11.3 Å². The molecule has 3 rings (SSSR count). The number of carbonyl (C=O) groups is 1. The molecule has 0 bridgehead atoms. The van der Waals surface area contributed by atoms with Crippen LogP contribution in [0.2, 0.25) is 0 Å². The van der Waals surface area contributed by atoms with E-state index in [0.717, 1.165) is 17.0 Å². The van der Waals surface area contributed by atoms with Crippen molar-refractivity contribution < 1.29 is 22.0 Å². The minimum Gasteiger partial charge on any atom is -0.340 e. The van der Waals surface area contributed by atoms with Crippen LogP contribution in [0.4, 0.5) is 8.78 Å². The van der Waals surface area contributed by atoms with Crippen molar-refractivity contribution in [1.29, 1.82) is 0 Å². The van der Waals surface area contributed by atoms with E-state index in [0.29, 0.717) is 25.5 Å². The van der Waals surface area contributed by atoms with Crippen LogP contribution in [0.1, 0.15) is 17.7 Å². The fourth-order valence-electron chi connectivity index (χ4n) is 3.16. The van der Waals surface area contributed by atoms with E-state index in [9.17, 15) is 22.0 Å². The summed E-state index contributed by atoms with van der Waals surface area (Å²) in [5.41, 5.74) is 0. The number of rotatable bonds is 5. The maximum absolute atomic E-state index is 13.4. The van der Waals surface area contributed by atoms with E-state index in [1.54, 1.807) is 23.3 Å². The quantitative estimate of drug-likeness (QED) is 0.756. The molecule has 0 spiro atoms. The van der Waals surface area contributed by atoms with Gasteiger partial charge in [0.2, 0.25) is 15.9 Å². The van der Waals surface area contributed by atoms with Crippen molar-refractivity contribution in [3.8, 4) is 0 Å². The average molecular weight is 414 g/mol. The van der Waals surface area contributed by atoms with E-state index >= 15 is 0 Å². The lowest BCUT2D eigenvalue weighted by molar-refractivity contribution is -0.135. The Labute approximate surface area is 161 Å². The van der Waals surface area contributed by atoms with E-state index in [-0.39, 0.29) is 29.8 Å². The molecule has 1 aromatic carbocycles. The first-order chi connectivity index (χ1) is 12.8. The van der Waals surface area contributed by atoms with Gasteiger partial charge in [-0.05, 0) is 42.5 Å². The molecular formula is C18H20F2N2O3S2. The average Bonchev–Trinajstić information content (AvgIpc) is 3.16. The van der Waals surface area contributed by atoms with Gasteiger partial charge in [-0.3, -0.25) is 4.79 Å². The monoisotopic (exact) mass is 414 g/mol. The van der Waals surface area contributed by atoms with Gasteiger partial charge in [-0.15, -0.1) is 11.3 Å². The summed E-state index contributed by atoms with van der Waals surface area (Å²) < 4.78 is 52.9. The van der Waals surface area contributed by atoms with Crippen LogP contribution in [0.25, 0.3) is 0 Å². The third-order valence-electron chi connectivity index (χ3n) is 4.68. The first-order valence-corrected chi connectivity index (χ1v) is 10.8. The highest BCUT2D eigenvalue weighted by molar-refractivity contribution is 7.89. The van der Waals surface area contributed by atoms with Crippen molar-refractivity contribution in [2.45, 2.75) is 24.3 Å². The highest BCUT2D eigenvalue weighted by atomic mass is 32.2. The highest BCUT2D eigenvalue weighted by Crippen LogP contribution is 2.26. The number of amides is 1. The number of nitrogens with zero attached hydrogens (tertiary/aromatic N) is 2. The molecule has 0 unspecified atom stereocenters. The molecule has 0 N–H and O–H groups in total. The Morgan fingerprint density at radius 1 is 1.22 bits per heavy atom. The van der Waals surface area contributed by atoms with Gasteiger partial charge in [0.25, 0.3) is 0 Å². The Balaban J connectivity index is 1.62. The van der Waals surface area contributed by atoms with Crippen LogP contribution in [0.5, 0.6) is 0 Å². The lowest BCUT2D eigenvalue weighted by atomic mass is 9.96. The Hall–Kier alpha value is -1.84. The Morgan fingerprint density at radius 3 is 2.52 bits per heavy atom. The van der Waals surface area contributed by atoms with Gasteiger partial charge in [0.15, 0.2) is 11.6 Å². The van der Waals surface area contributed by atoms with Gasteiger partial charge in [-0.2, -0.15) is 4.31 Å². The van der Waals surface area contributed by atoms with Crippen molar-refractivity contribution in [2.75, 3.05) is 20.1 Å². The molecule has 146 valence electrons. The van der Waals surface area contributed by atoms with Crippen molar-refractivity contribution in [3.05, 3.63) is 52.2 Å². The Bertz CT molecular complexity index is 909. The third-order valence-corrected chi connectivity index (χ3v) is 7.44. The van der Waals surface area contributed by atoms with E-state index in [2.05, 4.69) is 0 Å². The molecule has 2 heterocycles. The highest BCUT2D eigenvalue weighted by Gasteiger charge is 2.33. The number of carbonyl (C=O) groups excluding carboxylic acids is 1. The normalized spacial score (nSPS) is 16.4. The van der Waals surface area contributed by atoms with Crippen molar-refractivity contribution in [1.82, 2.24) is 9.21 Å². The number of hydrogen-bond acceptors (Lipinski definition) is 4. The van der Waals surface area contributed by atoms with Crippen molar-refractivity contribution in [3.63, 3.8) is 0 Å². The first-order valence-electron chi connectivity index (χ1n) is 8.51. The summed E-state index contributed by atoms with van der Waals surface area (Å²) >= 11 is 1.58. The van der Waals surface area contributed by atoms with E-state index in [1.807, 2.05) is 17.5 Å². The number of piperidine rings is 1. The number of thiophene rings is 1. The number of benzene rings is 1. The maximum Gasteiger partial charge on any atom is 0.243 e. The molecule has 0 aliphatic carbocycles. The van der Waals surface area contributed by atoms with E-state index < -0.39 is 21.7 Å². The fourth-order valence-corrected chi connectivity index (χ4v) is 5.39.